The van der Waals surface area contributed by atoms with E-state index in [0.717, 1.165) is 11.8 Å². The molecule has 1 aromatic heterocycles. The van der Waals surface area contributed by atoms with Crippen LogP contribution in [0.1, 0.15) is 88.8 Å². The van der Waals surface area contributed by atoms with Gasteiger partial charge in [0.1, 0.15) is 0 Å². The molecule has 1 nitrogen and oxygen atoms in total. The van der Waals surface area contributed by atoms with Crippen molar-refractivity contribution in [3.05, 3.63) is 29.6 Å². The Morgan fingerprint density at radius 2 is 1.80 bits per heavy atom. The van der Waals surface area contributed by atoms with Gasteiger partial charge in [0.25, 0.3) is 0 Å². The average Bonchev–Trinajstić information content (AvgIpc) is 2.49. The highest BCUT2D eigenvalue weighted by Gasteiger charge is 2.22. The van der Waals surface area contributed by atoms with Gasteiger partial charge in [-0.25, -0.2) is 0 Å². The summed E-state index contributed by atoms with van der Waals surface area (Å²) >= 11 is 0. The third-order valence-corrected chi connectivity index (χ3v) is 4.88. The van der Waals surface area contributed by atoms with Gasteiger partial charge in [-0.05, 0) is 56.1 Å². The zero-order valence-electron chi connectivity index (χ0n) is 13.4. The lowest BCUT2D eigenvalue weighted by Gasteiger charge is -2.28. The van der Waals surface area contributed by atoms with Crippen LogP contribution in [0, 0.1) is 5.92 Å². The smallest absolute Gasteiger partial charge is 0.0434 e. The van der Waals surface area contributed by atoms with Gasteiger partial charge in [0, 0.05) is 17.8 Å². The van der Waals surface area contributed by atoms with Crippen molar-refractivity contribution >= 4 is 0 Å². The van der Waals surface area contributed by atoms with E-state index < -0.39 is 0 Å². The van der Waals surface area contributed by atoms with E-state index in [1.54, 1.807) is 0 Å². The van der Waals surface area contributed by atoms with Gasteiger partial charge in [-0.1, -0.05) is 45.6 Å². The van der Waals surface area contributed by atoms with Crippen LogP contribution >= 0.6 is 0 Å². The molecule has 1 fully saturated rings. The number of aromatic nitrogens is 1. The number of unbranched alkanes of at least 4 members (excludes halogenated alkanes) is 2. The maximum Gasteiger partial charge on any atom is 0.0434 e. The van der Waals surface area contributed by atoms with E-state index in [0.29, 0.717) is 0 Å². The van der Waals surface area contributed by atoms with Crippen LogP contribution in [0.3, 0.4) is 0 Å². The van der Waals surface area contributed by atoms with Crippen LogP contribution in [0.2, 0.25) is 0 Å². The molecule has 112 valence electrons. The summed E-state index contributed by atoms with van der Waals surface area (Å²) in [4.78, 5) is 4.75. The number of nitrogens with zero attached hydrogens (tertiary/aromatic N) is 1. The van der Waals surface area contributed by atoms with Crippen molar-refractivity contribution in [2.75, 3.05) is 0 Å². The third-order valence-electron chi connectivity index (χ3n) is 4.88. The highest BCUT2D eigenvalue weighted by atomic mass is 14.7. The number of hydrogen-bond acceptors (Lipinski definition) is 1. The van der Waals surface area contributed by atoms with Gasteiger partial charge in [-0.15, -0.1) is 0 Å². The molecule has 20 heavy (non-hydrogen) atoms. The minimum absolute atomic E-state index is 0.729. The Bertz CT molecular complexity index is 360. The summed E-state index contributed by atoms with van der Waals surface area (Å²) in [5.41, 5.74) is 2.76. The quantitative estimate of drug-likeness (QED) is 0.565. The van der Waals surface area contributed by atoms with Gasteiger partial charge >= 0.3 is 0 Å². The first-order valence-electron chi connectivity index (χ1n) is 8.78. The first-order chi connectivity index (χ1) is 9.83. The SMILES string of the molecule is CCCCCc1ccc([C@H]2CC[C@H](CCC)CC2)nc1. The van der Waals surface area contributed by atoms with Gasteiger partial charge < -0.3 is 0 Å². The van der Waals surface area contributed by atoms with Crippen LogP contribution in [-0.2, 0) is 6.42 Å². The van der Waals surface area contributed by atoms with Gasteiger partial charge in [0.15, 0.2) is 0 Å². The molecule has 0 N–H and O–H groups in total. The predicted octanol–water partition coefficient (Wildman–Crippen LogP) is 5.89. The Labute approximate surface area is 125 Å². The minimum atomic E-state index is 0.729. The summed E-state index contributed by atoms with van der Waals surface area (Å²) in [6, 6.07) is 4.61. The molecule has 0 radical (unpaired) electrons. The fraction of sp³-hybridized carbons (Fsp3) is 0.737. The third kappa shape index (κ3) is 4.61. The molecule has 0 unspecified atom stereocenters. The Hall–Kier alpha value is -0.850. The van der Waals surface area contributed by atoms with Crippen LogP contribution < -0.4 is 0 Å². The Morgan fingerprint density at radius 1 is 1.00 bits per heavy atom. The molecule has 1 saturated carbocycles. The number of hydrogen-bond donors (Lipinski definition) is 0. The molecule has 1 aliphatic carbocycles. The first kappa shape index (κ1) is 15.5. The molecule has 1 heterocycles. The van der Waals surface area contributed by atoms with Crippen molar-refractivity contribution in [2.45, 2.75) is 84.0 Å². The second-order valence-corrected chi connectivity index (χ2v) is 6.55. The van der Waals surface area contributed by atoms with E-state index >= 15 is 0 Å². The largest absolute Gasteiger partial charge is 0.261 e. The molecule has 0 aromatic carbocycles. The Morgan fingerprint density at radius 3 is 2.40 bits per heavy atom. The second-order valence-electron chi connectivity index (χ2n) is 6.55. The Kier molecular flexibility index (Phi) is 6.56. The molecular weight excluding hydrogens is 242 g/mol. The molecule has 0 spiro atoms. The monoisotopic (exact) mass is 273 g/mol. The summed E-state index contributed by atoms with van der Waals surface area (Å²) in [6.45, 7) is 4.57. The fourth-order valence-electron chi connectivity index (χ4n) is 3.56. The normalized spacial score (nSPS) is 22.9. The number of aryl methyl sites for hydroxylation is 1. The van der Waals surface area contributed by atoms with Gasteiger partial charge in [-0.3, -0.25) is 4.98 Å². The summed E-state index contributed by atoms with van der Waals surface area (Å²) in [5.74, 6) is 1.72. The van der Waals surface area contributed by atoms with E-state index in [-0.39, 0.29) is 0 Å². The van der Waals surface area contributed by atoms with Crippen LogP contribution in [0.5, 0.6) is 0 Å². The van der Waals surface area contributed by atoms with Crippen molar-refractivity contribution in [3.8, 4) is 0 Å². The van der Waals surface area contributed by atoms with Crippen LogP contribution in [0.4, 0.5) is 0 Å². The van der Waals surface area contributed by atoms with Gasteiger partial charge in [0.05, 0.1) is 0 Å². The summed E-state index contributed by atoms with van der Waals surface area (Å²) < 4.78 is 0. The molecule has 0 aliphatic heterocycles. The summed E-state index contributed by atoms with van der Waals surface area (Å²) in [5, 5.41) is 0. The van der Waals surface area contributed by atoms with Gasteiger partial charge in [0.2, 0.25) is 0 Å². The summed E-state index contributed by atoms with van der Waals surface area (Å²) in [6.07, 6.45) is 15.6. The van der Waals surface area contributed by atoms with Crippen molar-refractivity contribution in [1.29, 1.82) is 0 Å². The lowest BCUT2D eigenvalue weighted by atomic mass is 9.78. The standard InChI is InChI=1S/C19H31N/c1-3-5-6-8-17-11-14-19(20-15-17)18-12-9-16(7-4-2)10-13-18/h11,14-16,18H,3-10,12-13H2,1-2H3/t16-,18-. The second kappa shape index (κ2) is 8.44. The number of pyridine rings is 1. The molecule has 1 heteroatoms. The predicted molar refractivity (Wildman–Crippen MR) is 87.1 cm³/mol. The molecule has 0 amide bonds. The zero-order valence-corrected chi connectivity index (χ0v) is 13.4. The highest BCUT2D eigenvalue weighted by Crippen LogP contribution is 2.36. The highest BCUT2D eigenvalue weighted by molar-refractivity contribution is 5.17. The van der Waals surface area contributed by atoms with Gasteiger partial charge in [-0.2, -0.15) is 0 Å². The number of rotatable bonds is 7. The lowest BCUT2D eigenvalue weighted by molar-refractivity contribution is 0.305. The fourth-order valence-corrected chi connectivity index (χ4v) is 3.56. The van der Waals surface area contributed by atoms with Crippen molar-refractivity contribution < 1.29 is 0 Å². The molecule has 0 bridgehead atoms. The van der Waals surface area contributed by atoms with E-state index in [1.807, 2.05) is 0 Å². The zero-order chi connectivity index (χ0) is 14.2. The van der Waals surface area contributed by atoms with Crippen LogP contribution in [0.15, 0.2) is 18.3 Å². The van der Waals surface area contributed by atoms with Crippen LogP contribution in [-0.4, -0.2) is 4.98 Å². The molecular formula is C19H31N. The van der Waals surface area contributed by atoms with E-state index in [1.165, 1.54) is 75.5 Å². The van der Waals surface area contributed by atoms with Crippen LogP contribution in [0.25, 0.3) is 0 Å². The first-order valence-corrected chi connectivity index (χ1v) is 8.78. The van der Waals surface area contributed by atoms with Crippen molar-refractivity contribution in [2.24, 2.45) is 5.92 Å². The topological polar surface area (TPSA) is 12.9 Å². The molecule has 0 saturated heterocycles. The lowest BCUT2D eigenvalue weighted by Crippen LogP contribution is -2.14. The van der Waals surface area contributed by atoms with E-state index in [9.17, 15) is 0 Å². The minimum Gasteiger partial charge on any atom is -0.261 e. The average molecular weight is 273 g/mol. The van der Waals surface area contributed by atoms with E-state index in [4.69, 9.17) is 4.98 Å². The summed E-state index contributed by atoms with van der Waals surface area (Å²) in [7, 11) is 0. The van der Waals surface area contributed by atoms with E-state index in [2.05, 4.69) is 32.2 Å². The van der Waals surface area contributed by atoms with Crippen molar-refractivity contribution in [1.82, 2.24) is 4.98 Å². The molecule has 0 atom stereocenters. The molecule has 2 rings (SSSR count). The molecule has 1 aromatic rings. The van der Waals surface area contributed by atoms with Crippen molar-refractivity contribution in [3.63, 3.8) is 0 Å². The Balaban J connectivity index is 1.81. The maximum absolute atomic E-state index is 4.75. The molecule has 1 aliphatic rings. The maximum atomic E-state index is 4.75.